The molecule has 5 heteroatoms. The van der Waals surface area contributed by atoms with Crippen molar-refractivity contribution in [1.82, 2.24) is 14.5 Å². The first-order chi connectivity index (χ1) is 7.34. The Hall–Kier alpha value is -0.850. The molecule has 0 aliphatic carbocycles. The van der Waals surface area contributed by atoms with Crippen LogP contribution in [0.3, 0.4) is 0 Å². The number of nitrogen functional groups attached to an aromatic ring is 1. The van der Waals surface area contributed by atoms with Crippen molar-refractivity contribution in [3.05, 3.63) is 15.6 Å². The first-order valence-electron chi connectivity index (χ1n) is 5.11. The highest BCUT2D eigenvalue weighted by atomic mass is 127. The van der Waals surface area contributed by atoms with Crippen molar-refractivity contribution in [2.24, 2.45) is 0 Å². The van der Waals surface area contributed by atoms with Gasteiger partial charge in [-0.05, 0) is 50.3 Å². The van der Waals surface area contributed by atoms with Crippen molar-refractivity contribution in [3.8, 4) is 0 Å². The zero-order valence-corrected chi connectivity index (χ0v) is 12.0. The molecule has 0 aliphatic heterocycles. The first kappa shape index (κ1) is 11.6. The zero-order chi connectivity index (χ0) is 12.1. The van der Waals surface area contributed by atoms with E-state index < -0.39 is 0 Å². The minimum atomic E-state index is -0.00739. The van der Waals surface area contributed by atoms with Crippen molar-refractivity contribution >= 4 is 39.4 Å². The van der Waals surface area contributed by atoms with Crippen LogP contribution < -0.4 is 5.73 Å². The van der Waals surface area contributed by atoms with Crippen molar-refractivity contribution in [2.45, 2.75) is 33.2 Å². The molecule has 2 aromatic rings. The van der Waals surface area contributed by atoms with Crippen molar-refractivity contribution in [1.29, 1.82) is 0 Å². The molecule has 0 saturated heterocycles. The second-order valence-electron chi connectivity index (χ2n) is 4.86. The van der Waals surface area contributed by atoms with Crippen LogP contribution in [0.25, 0.3) is 11.0 Å². The molecule has 0 fully saturated rings. The van der Waals surface area contributed by atoms with Gasteiger partial charge in [-0.3, -0.25) is 0 Å². The lowest BCUT2D eigenvalue weighted by Crippen LogP contribution is -2.23. The second-order valence-corrected chi connectivity index (χ2v) is 5.94. The minimum absolute atomic E-state index is 0.00739. The van der Waals surface area contributed by atoms with Crippen molar-refractivity contribution in [2.75, 3.05) is 5.73 Å². The lowest BCUT2D eigenvalue weighted by molar-refractivity contribution is 0.400. The molecule has 16 heavy (non-hydrogen) atoms. The number of nitrogens with zero attached hydrogens (tertiary/aromatic N) is 3. The van der Waals surface area contributed by atoms with Gasteiger partial charge in [-0.25, -0.2) is 9.97 Å². The summed E-state index contributed by atoms with van der Waals surface area (Å²) in [4.78, 5) is 8.41. The maximum atomic E-state index is 5.91. The van der Waals surface area contributed by atoms with Crippen LogP contribution in [0.4, 0.5) is 5.82 Å². The fourth-order valence-corrected chi connectivity index (χ4v) is 2.79. The fraction of sp³-hybridized carbons (Fsp3) is 0.455. The average molecular weight is 330 g/mol. The summed E-state index contributed by atoms with van der Waals surface area (Å²) in [7, 11) is 0. The van der Waals surface area contributed by atoms with E-state index in [1.165, 1.54) is 12.0 Å². The largest absolute Gasteiger partial charge is 0.383 e. The summed E-state index contributed by atoms with van der Waals surface area (Å²) < 4.78 is 3.35. The van der Waals surface area contributed by atoms with E-state index in [-0.39, 0.29) is 5.54 Å². The SMILES string of the molecule is Cc1c(I)c2c(N)ncnc2n1C(C)(C)C. The maximum absolute atomic E-state index is 5.91. The highest BCUT2D eigenvalue weighted by Gasteiger charge is 2.23. The Morgan fingerprint density at radius 1 is 1.31 bits per heavy atom. The van der Waals surface area contributed by atoms with Gasteiger partial charge in [0.25, 0.3) is 0 Å². The van der Waals surface area contributed by atoms with Crippen LogP contribution in [0.2, 0.25) is 0 Å². The molecule has 2 rings (SSSR count). The van der Waals surface area contributed by atoms with Gasteiger partial charge >= 0.3 is 0 Å². The molecule has 2 heterocycles. The topological polar surface area (TPSA) is 56.7 Å². The fourth-order valence-electron chi connectivity index (χ4n) is 2.03. The quantitative estimate of drug-likeness (QED) is 0.756. The third-order valence-corrected chi connectivity index (χ3v) is 3.93. The number of hydrogen-bond donors (Lipinski definition) is 1. The van der Waals surface area contributed by atoms with Crippen LogP contribution >= 0.6 is 22.6 Å². The Labute approximate surface area is 108 Å². The molecule has 0 spiro atoms. The van der Waals surface area contributed by atoms with Gasteiger partial charge in [0.2, 0.25) is 0 Å². The molecule has 0 radical (unpaired) electrons. The summed E-state index contributed by atoms with van der Waals surface area (Å²) in [5.41, 5.74) is 8.01. The Kier molecular flexibility index (Phi) is 2.60. The van der Waals surface area contributed by atoms with Crippen LogP contribution in [0.5, 0.6) is 0 Å². The second kappa shape index (κ2) is 3.58. The van der Waals surface area contributed by atoms with E-state index in [4.69, 9.17) is 5.73 Å². The highest BCUT2D eigenvalue weighted by Crippen LogP contribution is 2.33. The smallest absolute Gasteiger partial charge is 0.147 e. The van der Waals surface area contributed by atoms with Crippen molar-refractivity contribution in [3.63, 3.8) is 0 Å². The summed E-state index contributed by atoms with van der Waals surface area (Å²) in [5, 5.41) is 0.968. The first-order valence-corrected chi connectivity index (χ1v) is 6.19. The van der Waals surface area contributed by atoms with Crippen LogP contribution in [0.1, 0.15) is 26.5 Å². The van der Waals surface area contributed by atoms with Crippen LogP contribution in [-0.2, 0) is 5.54 Å². The molecule has 0 unspecified atom stereocenters. The van der Waals surface area contributed by atoms with Crippen LogP contribution in [0, 0.1) is 10.5 Å². The molecule has 86 valence electrons. The van der Waals surface area contributed by atoms with Gasteiger partial charge in [0.05, 0.1) is 5.39 Å². The summed E-state index contributed by atoms with van der Waals surface area (Å²) in [6.07, 6.45) is 1.52. The lowest BCUT2D eigenvalue weighted by atomic mass is 10.1. The van der Waals surface area contributed by atoms with Crippen LogP contribution in [-0.4, -0.2) is 14.5 Å². The summed E-state index contributed by atoms with van der Waals surface area (Å²) >= 11 is 2.31. The molecule has 0 atom stereocenters. The van der Waals surface area contributed by atoms with E-state index in [1.807, 2.05) is 0 Å². The third-order valence-electron chi connectivity index (χ3n) is 2.61. The van der Waals surface area contributed by atoms with Crippen molar-refractivity contribution < 1.29 is 0 Å². The monoisotopic (exact) mass is 330 g/mol. The maximum Gasteiger partial charge on any atom is 0.147 e. The number of nitrogens with two attached hydrogens (primary N) is 1. The Morgan fingerprint density at radius 3 is 2.50 bits per heavy atom. The van der Waals surface area contributed by atoms with E-state index in [2.05, 4.69) is 64.8 Å². The van der Waals surface area contributed by atoms with E-state index >= 15 is 0 Å². The number of hydrogen-bond acceptors (Lipinski definition) is 3. The van der Waals surface area contributed by atoms with E-state index in [0.29, 0.717) is 5.82 Å². The van der Waals surface area contributed by atoms with Gasteiger partial charge < -0.3 is 10.3 Å². The van der Waals surface area contributed by atoms with Crippen LogP contribution in [0.15, 0.2) is 6.33 Å². The Morgan fingerprint density at radius 2 is 1.94 bits per heavy atom. The van der Waals surface area contributed by atoms with Gasteiger partial charge in [-0.1, -0.05) is 0 Å². The van der Waals surface area contributed by atoms with E-state index in [9.17, 15) is 0 Å². The van der Waals surface area contributed by atoms with Gasteiger partial charge in [0.1, 0.15) is 17.8 Å². The molecule has 0 saturated carbocycles. The normalized spacial score (nSPS) is 12.3. The number of aromatic nitrogens is 3. The van der Waals surface area contributed by atoms with E-state index in [1.54, 1.807) is 0 Å². The molecule has 2 N–H and O–H groups in total. The van der Waals surface area contributed by atoms with E-state index in [0.717, 1.165) is 14.6 Å². The molecule has 0 aromatic carbocycles. The number of fused-ring (bicyclic) bond motifs is 1. The molecule has 2 aromatic heterocycles. The molecule has 0 amide bonds. The van der Waals surface area contributed by atoms with Gasteiger partial charge in [-0.2, -0.15) is 0 Å². The molecule has 0 bridgehead atoms. The average Bonchev–Trinajstić information content (AvgIpc) is 2.39. The predicted octanol–water partition coefficient (Wildman–Crippen LogP) is 2.68. The number of halogens is 1. The standard InChI is InChI=1S/C11H15IN4/c1-6-8(12)7-9(13)14-5-15-10(7)16(6)11(2,3)4/h5H,1-4H3,(H2,13,14,15). The Balaban J connectivity index is 2.96. The molecule has 4 nitrogen and oxygen atoms in total. The summed E-state index contributed by atoms with van der Waals surface area (Å²) in [6.45, 7) is 8.57. The number of anilines is 1. The minimum Gasteiger partial charge on any atom is -0.383 e. The Bertz CT molecular complexity index is 551. The summed E-state index contributed by atoms with van der Waals surface area (Å²) in [6, 6.07) is 0. The molecule has 0 aliphatic rings. The summed E-state index contributed by atoms with van der Waals surface area (Å²) in [5.74, 6) is 0.556. The molecular formula is C11H15IN4. The van der Waals surface area contributed by atoms with Gasteiger partial charge in [0, 0.05) is 14.8 Å². The predicted molar refractivity (Wildman–Crippen MR) is 74.4 cm³/mol. The lowest BCUT2D eigenvalue weighted by Gasteiger charge is -2.24. The third kappa shape index (κ3) is 1.57. The van der Waals surface area contributed by atoms with Gasteiger partial charge in [-0.15, -0.1) is 0 Å². The van der Waals surface area contributed by atoms with Gasteiger partial charge in [0.15, 0.2) is 0 Å². The molecular weight excluding hydrogens is 315 g/mol. The highest BCUT2D eigenvalue weighted by molar-refractivity contribution is 14.1. The zero-order valence-electron chi connectivity index (χ0n) is 9.87. The number of rotatable bonds is 0.